The summed E-state index contributed by atoms with van der Waals surface area (Å²) in [4.78, 5) is 0. The summed E-state index contributed by atoms with van der Waals surface area (Å²) in [6.07, 6.45) is 3.68. The molecule has 2 atom stereocenters. The molecule has 0 saturated carbocycles. The van der Waals surface area contributed by atoms with Crippen molar-refractivity contribution in [3.05, 3.63) is 0 Å². The minimum atomic E-state index is -0.256. The molecule has 1 fully saturated rings. The Labute approximate surface area is 81.3 Å². The molecule has 0 spiro atoms. The number of aliphatic hydroxyl groups excluding tert-OH is 1. The van der Waals surface area contributed by atoms with Gasteiger partial charge in [-0.25, -0.2) is 0 Å². The van der Waals surface area contributed by atoms with E-state index >= 15 is 0 Å². The molecule has 0 radical (unpaired) electrons. The first-order valence-electron chi connectivity index (χ1n) is 5.43. The summed E-state index contributed by atoms with van der Waals surface area (Å²) in [5.74, 6) is 0.670. The fourth-order valence-corrected chi connectivity index (χ4v) is 1.90. The van der Waals surface area contributed by atoms with E-state index in [0.717, 1.165) is 32.3 Å². The maximum atomic E-state index is 9.94. The lowest BCUT2D eigenvalue weighted by Gasteiger charge is -2.45. The lowest BCUT2D eigenvalue weighted by atomic mass is 9.83. The smallest absolute Gasteiger partial charge is 0.0959 e. The first-order chi connectivity index (χ1) is 6.10. The Balaban J connectivity index is 2.32. The quantitative estimate of drug-likeness (QED) is 0.714. The average molecular weight is 186 g/mol. The van der Waals surface area contributed by atoms with Crippen LogP contribution in [0.1, 0.15) is 46.5 Å². The van der Waals surface area contributed by atoms with Crippen LogP contribution in [0.2, 0.25) is 0 Å². The molecule has 1 heterocycles. The van der Waals surface area contributed by atoms with Crippen LogP contribution in [0.3, 0.4) is 0 Å². The van der Waals surface area contributed by atoms with Crippen molar-refractivity contribution in [3.8, 4) is 0 Å². The van der Waals surface area contributed by atoms with Crippen LogP contribution in [0.15, 0.2) is 0 Å². The predicted octanol–water partition coefficient (Wildman–Crippen LogP) is 2.35. The lowest BCUT2D eigenvalue weighted by Crippen LogP contribution is -2.52. The standard InChI is InChI=1S/C11H22O2/c1-4-11(7-8-13-11)10(12)6-5-9(2)3/h9-10,12H,4-8H2,1-3H3. The number of ether oxygens (including phenoxy) is 1. The van der Waals surface area contributed by atoms with E-state index in [2.05, 4.69) is 20.8 Å². The molecule has 2 heteroatoms. The second-order valence-corrected chi connectivity index (χ2v) is 4.50. The zero-order valence-electron chi connectivity index (χ0n) is 9.05. The Morgan fingerprint density at radius 1 is 1.38 bits per heavy atom. The van der Waals surface area contributed by atoms with Gasteiger partial charge >= 0.3 is 0 Å². The summed E-state index contributed by atoms with van der Waals surface area (Å²) < 4.78 is 5.51. The van der Waals surface area contributed by atoms with Crippen molar-refractivity contribution in [3.63, 3.8) is 0 Å². The van der Waals surface area contributed by atoms with Gasteiger partial charge in [0.25, 0.3) is 0 Å². The third-order valence-electron chi connectivity index (χ3n) is 3.14. The molecule has 0 amide bonds. The van der Waals surface area contributed by atoms with Crippen molar-refractivity contribution in [2.75, 3.05) is 6.61 Å². The van der Waals surface area contributed by atoms with Gasteiger partial charge in [0.15, 0.2) is 0 Å². The van der Waals surface area contributed by atoms with Gasteiger partial charge in [-0.15, -0.1) is 0 Å². The van der Waals surface area contributed by atoms with Crippen LogP contribution in [0, 0.1) is 5.92 Å². The van der Waals surface area contributed by atoms with Crippen LogP contribution in [0.4, 0.5) is 0 Å². The Kier molecular flexibility index (Phi) is 3.74. The molecule has 1 rings (SSSR count). The van der Waals surface area contributed by atoms with Gasteiger partial charge in [0.1, 0.15) is 0 Å². The molecule has 0 aromatic heterocycles. The van der Waals surface area contributed by atoms with Gasteiger partial charge in [-0.3, -0.25) is 0 Å². The van der Waals surface area contributed by atoms with Gasteiger partial charge < -0.3 is 9.84 Å². The molecule has 0 aromatic carbocycles. The van der Waals surface area contributed by atoms with Crippen LogP contribution in [0.25, 0.3) is 0 Å². The van der Waals surface area contributed by atoms with Crippen molar-refractivity contribution >= 4 is 0 Å². The van der Waals surface area contributed by atoms with E-state index in [-0.39, 0.29) is 11.7 Å². The fourth-order valence-electron chi connectivity index (χ4n) is 1.90. The Hall–Kier alpha value is -0.0800. The van der Waals surface area contributed by atoms with Crippen LogP contribution in [0.5, 0.6) is 0 Å². The SMILES string of the molecule is CCC1(C(O)CCC(C)C)CCO1. The van der Waals surface area contributed by atoms with Crippen LogP contribution in [-0.2, 0) is 4.74 Å². The average Bonchev–Trinajstić information content (AvgIpc) is 2.00. The van der Waals surface area contributed by atoms with E-state index in [9.17, 15) is 5.11 Å². The summed E-state index contributed by atoms with van der Waals surface area (Å²) in [5, 5.41) is 9.94. The third kappa shape index (κ3) is 2.44. The molecule has 1 aliphatic heterocycles. The molecule has 2 unspecified atom stereocenters. The molecule has 13 heavy (non-hydrogen) atoms. The molecule has 0 bridgehead atoms. The summed E-state index contributed by atoms with van der Waals surface area (Å²) in [7, 11) is 0. The van der Waals surface area contributed by atoms with E-state index in [4.69, 9.17) is 4.74 Å². The maximum absolute atomic E-state index is 9.94. The van der Waals surface area contributed by atoms with E-state index in [0.29, 0.717) is 5.92 Å². The summed E-state index contributed by atoms with van der Waals surface area (Å²) in [6, 6.07) is 0. The summed E-state index contributed by atoms with van der Waals surface area (Å²) >= 11 is 0. The van der Waals surface area contributed by atoms with Crippen molar-refractivity contribution < 1.29 is 9.84 Å². The van der Waals surface area contributed by atoms with Crippen molar-refractivity contribution in [2.24, 2.45) is 5.92 Å². The Morgan fingerprint density at radius 2 is 2.00 bits per heavy atom. The van der Waals surface area contributed by atoms with Crippen LogP contribution < -0.4 is 0 Å². The zero-order valence-corrected chi connectivity index (χ0v) is 9.05. The molecule has 1 N–H and O–H groups in total. The maximum Gasteiger partial charge on any atom is 0.0959 e. The fraction of sp³-hybridized carbons (Fsp3) is 1.00. The van der Waals surface area contributed by atoms with Crippen LogP contribution in [-0.4, -0.2) is 23.4 Å². The Bertz CT molecular complexity index is 145. The first-order valence-corrected chi connectivity index (χ1v) is 5.43. The highest BCUT2D eigenvalue weighted by molar-refractivity contribution is 4.92. The molecule has 0 aliphatic carbocycles. The van der Waals surface area contributed by atoms with Crippen LogP contribution >= 0.6 is 0 Å². The van der Waals surface area contributed by atoms with E-state index in [1.807, 2.05) is 0 Å². The second kappa shape index (κ2) is 4.43. The highest BCUT2D eigenvalue weighted by atomic mass is 16.5. The van der Waals surface area contributed by atoms with Gasteiger partial charge in [0, 0.05) is 6.42 Å². The summed E-state index contributed by atoms with van der Waals surface area (Å²) in [5.41, 5.74) is -0.186. The van der Waals surface area contributed by atoms with E-state index in [1.54, 1.807) is 0 Å². The van der Waals surface area contributed by atoms with Gasteiger partial charge in [-0.2, -0.15) is 0 Å². The largest absolute Gasteiger partial charge is 0.390 e. The number of rotatable bonds is 5. The van der Waals surface area contributed by atoms with Gasteiger partial charge in [0.05, 0.1) is 18.3 Å². The van der Waals surface area contributed by atoms with Gasteiger partial charge in [0.2, 0.25) is 0 Å². The number of hydrogen-bond acceptors (Lipinski definition) is 2. The third-order valence-corrected chi connectivity index (χ3v) is 3.14. The molecule has 2 nitrogen and oxygen atoms in total. The molecule has 1 aliphatic rings. The minimum absolute atomic E-state index is 0.186. The van der Waals surface area contributed by atoms with Crippen molar-refractivity contribution in [1.29, 1.82) is 0 Å². The zero-order chi connectivity index (χ0) is 9.90. The monoisotopic (exact) mass is 186 g/mol. The molecular weight excluding hydrogens is 164 g/mol. The lowest BCUT2D eigenvalue weighted by molar-refractivity contribution is -0.207. The van der Waals surface area contributed by atoms with Crippen molar-refractivity contribution in [2.45, 2.75) is 58.2 Å². The first kappa shape index (κ1) is 11.0. The minimum Gasteiger partial charge on any atom is -0.390 e. The molecular formula is C11H22O2. The second-order valence-electron chi connectivity index (χ2n) is 4.50. The van der Waals surface area contributed by atoms with Gasteiger partial charge in [-0.1, -0.05) is 20.8 Å². The highest BCUT2D eigenvalue weighted by Crippen LogP contribution is 2.35. The molecule has 0 aromatic rings. The van der Waals surface area contributed by atoms with E-state index in [1.165, 1.54) is 0 Å². The topological polar surface area (TPSA) is 29.5 Å². The number of hydrogen-bond donors (Lipinski definition) is 1. The highest BCUT2D eigenvalue weighted by Gasteiger charge is 2.42. The predicted molar refractivity (Wildman–Crippen MR) is 53.7 cm³/mol. The number of aliphatic hydroxyl groups is 1. The van der Waals surface area contributed by atoms with Gasteiger partial charge in [-0.05, 0) is 25.2 Å². The Morgan fingerprint density at radius 3 is 2.31 bits per heavy atom. The summed E-state index contributed by atoms with van der Waals surface area (Å²) in [6.45, 7) is 7.30. The normalized spacial score (nSPS) is 30.2. The molecule has 1 saturated heterocycles. The van der Waals surface area contributed by atoms with Crippen molar-refractivity contribution in [1.82, 2.24) is 0 Å². The van der Waals surface area contributed by atoms with E-state index < -0.39 is 0 Å². The molecule has 78 valence electrons.